The fourth-order valence-electron chi connectivity index (χ4n) is 2.08. The highest BCUT2D eigenvalue weighted by Gasteiger charge is 2.18. The normalized spacial score (nSPS) is 27.9. The molecule has 2 unspecified atom stereocenters. The minimum Gasteiger partial charge on any atom is -0.409 e. The lowest BCUT2D eigenvalue weighted by Gasteiger charge is -2.26. The van der Waals surface area contributed by atoms with Gasteiger partial charge in [-0.05, 0) is 30.9 Å². The molecule has 1 fully saturated rings. The maximum atomic E-state index is 8.37. The van der Waals surface area contributed by atoms with Crippen molar-refractivity contribution < 1.29 is 5.21 Å². The molecule has 0 radical (unpaired) electrons. The van der Waals surface area contributed by atoms with Gasteiger partial charge in [-0.1, -0.05) is 24.9 Å². The van der Waals surface area contributed by atoms with Crippen molar-refractivity contribution in [2.24, 2.45) is 16.8 Å². The monoisotopic (exact) mass is 230 g/mol. The van der Waals surface area contributed by atoms with Crippen molar-refractivity contribution in [3.05, 3.63) is 0 Å². The van der Waals surface area contributed by atoms with Crippen LogP contribution in [0, 0.1) is 5.92 Å². The zero-order chi connectivity index (χ0) is 11.1. The first-order valence-electron chi connectivity index (χ1n) is 5.80. The van der Waals surface area contributed by atoms with Crippen LogP contribution in [0.3, 0.4) is 0 Å². The predicted octanol–water partition coefficient (Wildman–Crippen LogP) is 2.82. The van der Waals surface area contributed by atoms with Gasteiger partial charge in [-0.25, -0.2) is 0 Å². The number of hydrogen-bond acceptors (Lipinski definition) is 3. The lowest BCUT2D eigenvalue weighted by molar-refractivity contribution is 0.317. The van der Waals surface area contributed by atoms with Gasteiger partial charge in [0.25, 0.3) is 0 Å². The van der Waals surface area contributed by atoms with E-state index in [1.54, 1.807) is 0 Å². The molecular formula is C11H22N2OS. The van der Waals surface area contributed by atoms with Crippen LogP contribution in [0.25, 0.3) is 0 Å². The Morgan fingerprint density at radius 2 is 2.33 bits per heavy atom. The van der Waals surface area contributed by atoms with Crippen molar-refractivity contribution in [3.8, 4) is 0 Å². The summed E-state index contributed by atoms with van der Waals surface area (Å²) >= 11 is 2.06. The number of amidine groups is 1. The Balaban J connectivity index is 2.04. The summed E-state index contributed by atoms with van der Waals surface area (Å²) in [7, 11) is 0. The van der Waals surface area contributed by atoms with E-state index in [0.717, 1.165) is 23.3 Å². The van der Waals surface area contributed by atoms with Gasteiger partial charge >= 0.3 is 0 Å². The number of hydrogen-bond donors (Lipinski definition) is 2. The molecule has 2 atom stereocenters. The second-order valence-corrected chi connectivity index (χ2v) is 5.87. The molecule has 0 aromatic heterocycles. The van der Waals surface area contributed by atoms with E-state index < -0.39 is 0 Å². The van der Waals surface area contributed by atoms with Gasteiger partial charge in [-0.2, -0.15) is 11.8 Å². The van der Waals surface area contributed by atoms with Crippen LogP contribution >= 0.6 is 11.8 Å². The van der Waals surface area contributed by atoms with E-state index in [2.05, 4.69) is 23.8 Å². The third kappa shape index (κ3) is 5.30. The van der Waals surface area contributed by atoms with Crippen LogP contribution < -0.4 is 5.73 Å². The Bertz CT molecular complexity index is 209. The van der Waals surface area contributed by atoms with E-state index in [-0.39, 0.29) is 0 Å². The molecule has 0 aromatic rings. The average Bonchev–Trinajstić information content (AvgIpc) is 2.24. The number of oxime groups is 1. The van der Waals surface area contributed by atoms with Crippen LogP contribution in [0.5, 0.6) is 0 Å². The molecule has 0 aromatic carbocycles. The lowest BCUT2D eigenvalue weighted by Crippen LogP contribution is -2.16. The lowest BCUT2D eigenvalue weighted by atomic mass is 9.91. The highest BCUT2D eigenvalue weighted by atomic mass is 32.2. The van der Waals surface area contributed by atoms with Crippen LogP contribution in [0.4, 0.5) is 0 Å². The van der Waals surface area contributed by atoms with Gasteiger partial charge in [0.2, 0.25) is 0 Å². The molecule has 0 aliphatic heterocycles. The standard InChI is InChI=1S/C11H22N2OS/c1-9-4-2-5-10(8-9)15-7-3-6-11(12)13-14/h9-10,14H,2-8H2,1H3,(H2,12,13). The summed E-state index contributed by atoms with van der Waals surface area (Å²) in [6.45, 7) is 2.35. The summed E-state index contributed by atoms with van der Waals surface area (Å²) in [5.74, 6) is 2.39. The summed E-state index contributed by atoms with van der Waals surface area (Å²) < 4.78 is 0. The van der Waals surface area contributed by atoms with E-state index in [9.17, 15) is 0 Å². The maximum absolute atomic E-state index is 8.37. The van der Waals surface area contributed by atoms with Gasteiger partial charge in [-0.3, -0.25) is 0 Å². The molecule has 0 amide bonds. The summed E-state index contributed by atoms with van der Waals surface area (Å²) in [6, 6.07) is 0. The van der Waals surface area contributed by atoms with Crippen LogP contribution in [-0.2, 0) is 0 Å². The smallest absolute Gasteiger partial charge is 0.139 e. The van der Waals surface area contributed by atoms with E-state index in [4.69, 9.17) is 10.9 Å². The minimum atomic E-state index is 0.354. The Hall–Kier alpha value is -0.380. The summed E-state index contributed by atoms with van der Waals surface area (Å²) in [4.78, 5) is 0. The predicted molar refractivity (Wildman–Crippen MR) is 66.5 cm³/mol. The van der Waals surface area contributed by atoms with Crippen molar-refractivity contribution in [3.63, 3.8) is 0 Å². The van der Waals surface area contributed by atoms with Gasteiger partial charge in [0.15, 0.2) is 0 Å². The molecule has 1 aliphatic rings. The van der Waals surface area contributed by atoms with E-state index in [1.165, 1.54) is 25.7 Å². The molecule has 0 spiro atoms. The first kappa shape index (κ1) is 12.7. The largest absolute Gasteiger partial charge is 0.409 e. The van der Waals surface area contributed by atoms with Gasteiger partial charge in [0, 0.05) is 11.7 Å². The van der Waals surface area contributed by atoms with Gasteiger partial charge in [-0.15, -0.1) is 0 Å². The van der Waals surface area contributed by atoms with Crippen molar-refractivity contribution in [1.82, 2.24) is 0 Å². The number of rotatable bonds is 5. The quantitative estimate of drug-likeness (QED) is 0.251. The Morgan fingerprint density at radius 3 is 3.00 bits per heavy atom. The summed E-state index contributed by atoms with van der Waals surface area (Å²) in [5, 5.41) is 12.2. The molecular weight excluding hydrogens is 208 g/mol. The van der Waals surface area contributed by atoms with E-state index in [1.807, 2.05) is 0 Å². The molecule has 1 aliphatic carbocycles. The highest BCUT2D eigenvalue weighted by molar-refractivity contribution is 7.99. The van der Waals surface area contributed by atoms with Gasteiger partial charge < -0.3 is 10.9 Å². The first-order valence-corrected chi connectivity index (χ1v) is 6.85. The maximum Gasteiger partial charge on any atom is 0.139 e. The third-order valence-corrected chi connectivity index (χ3v) is 4.37. The van der Waals surface area contributed by atoms with Crippen LogP contribution in [-0.4, -0.2) is 22.0 Å². The molecule has 1 saturated carbocycles. The molecule has 88 valence electrons. The molecule has 0 saturated heterocycles. The topological polar surface area (TPSA) is 58.6 Å². The summed E-state index contributed by atoms with van der Waals surface area (Å²) in [5.41, 5.74) is 5.40. The fourth-order valence-corrected chi connectivity index (χ4v) is 3.53. The minimum absolute atomic E-state index is 0.354. The zero-order valence-electron chi connectivity index (χ0n) is 9.48. The number of nitrogens with two attached hydrogens (primary N) is 1. The summed E-state index contributed by atoms with van der Waals surface area (Å²) in [6.07, 6.45) is 7.27. The van der Waals surface area contributed by atoms with E-state index >= 15 is 0 Å². The average molecular weight is 230 g/mol. The van der Waals surface area contributed by atoms with Crippen LogP contribution in [0.2, 0.25) is 0 Å². The Kier molecular flexibility index (Phi) is 5.91. The van der Waals surface area contributed by atoms with Crippen molar-refractivity contribution in [2.75, 3.05) is 5.75 Å². The molecule has 15 heavy (non-hydrogen) atoms. The highest BCUT2D eigenvalue weighted by Crippen LogP contribution is 2.32. The van der Waals surface area contributed by atoms with Crippen LogP contribution in [0.15, 0.2) is 5.16 Å². The Labute approximate surface area is 96.5 Å². The molecule has 1 rings (SSSR count). The third-order valence-electron chi connectivity index (χ3n) is 2.95. The zero-order valence-corrected chi connectivity index (χ0v) is 10.3. The molecule has 4 heteroatoms. The van der Waals surface area contributed by atoms with Gasteiger partial charge in [0.1, 0.15) is 5.84 Å². The fraction of sp³-hybridized carbons (Fsp3) is 0.909. The van der Waals surface area contributed by atoms with E-state index in [0.29, 0.717) is 12.3 Å². The van der Waals surface area contributed by atoms with Crippen molar-refractivity contribution in [1.29, 1.82) is 0 Å². The number of thioether (sulfide) groups is 1. The van der Waals surface area contributed by atoms with Crippen molar-refractivity contribution in [2.45, 2.75) is 50.7 Å². The second kappa shape index (κ2) is 6.99. The number of nitrogens with zero attached hydrogens (tertiary/aromatic N) is 1. The molecule has 3 nitrogen and oxygen atoms in total. The van der Waals surface area contributed by atoms with Crippen molar-refractivity contribution >= 4 is 17.6 Å². The first-order chi connectivity index (χ1) is 7.22. The Morgan fingerprint density at radius 1 is 1.53 bits per heavy atom. The van der Waals surface area contributed by atoms with Gasteiger partial charge in [0.05, 0.1) is 0 Å². The second-order valence-electron chi connectivity index (χ2n) is 4.46. The van der Waals surface area contributed by atoms with Crippen LogP contribution in [0.1, 0.15) is 45.4 Å². The molecule has 0 heterocycles. The SMILES string of the molecule is CC1CCCC(SCCCC(N)=NO)C1. The molecule has 3 N–H and O–H groups in total. The molecule has 0 bridgehead atoms.